The number of imidazole rings is 1. The van der Waals surface area contributed by atoms with E-state index < -0.39 is 0 Å². The van der Waals surface area contributed by atoms with Crippen LogP contribution in [-0.2, 0) is 0 Å². The highest BCUT2D eigenvalue weighted by atomic mass is 127. The van der Waals surface area contributed by atoms with Crippen molar-refractivity contribution in [2.45, 2.75) is 6.92 Å². The van der Waals surface area contributed by atoms with Crippen LogP contribution in [0.1, 0.15) is 5.69 Å². The Kier molecular flexibility index (Phi) is 1.96. The van der Waals surface area contributed by atoms with Crippen molar-refractivity contribution >= 4 is 39.8 Å². The molecule has 0 saturated heterocycles. The number of halogens is 2. The Morgan fingerprint density at radius 3 is 3.00 bits per heavy atom. The Balaban J connectivity index is 2.95. The molecule has 0 radical (unpaired) electrons. The number of aryl methyl sites for hydroxylation is 1. The third kappa shape index (κ3) is 1.09. The zero-order valence-corrected chi connectivity index (χ0v) is 9.17. The van der Waals surface area contributed by atoms with E-state index in [1.807, 2.05) is 17.5 Å². The summed E-state index contributed by atoms with van der Waals surface area (Å²) in [6.45, 7) is 1.95. The van der Waals surface area contributed by atoms with Gasteiger partial charge in [-0.2, -0.15) is 0 Å². The topological polar surface area (TPSA) is 30.2 Å². The quantitative estimate of drug-likeness (QED) is 0.698. The van der Waals surface area contributed by atoms with Gasteiger partial charge in [-0.15, -0.1) is 0 Å². The van der Waals surface area contributed by atoms with Crippen LogP contribution >= 0.6 is 34.2 Å². The lowest BCUT2D eigenvalue weighted by Crippen LogP contribution is -1.88. The summed E-state index contributed by atoms with van der Waals surface area (Å²) in [7, 11) is 0. The van der Waals surface area contributed by atoms with Gasteiger partial charge in [-0.25, -0.2) is 9.97 Å². The van der Waals surface area contributed by atoms with E-state index in [4.69, 9.17) is 11.6 Å². The Hall–Kier alpha value is -0.360. The maximum Gasteiger partial charge on any atom is 0.175 e. The molecule has 62 valence electrons. The van der Waals surface area contributed by atoms with Crippen LogP contribution < -0.4 is 0 Å². The molecule has 0 N–H and O–H groups in total. The molecule has 0 saturated carbocycles. The van der Waals surface area contributed by atoms with Crippen molar-refractivity contribution in [1.29, 1.82) is 0 Å². The smallest absolute Gasteiger partial charge is 0.175 e. The predicted octanol–water partition coefficient (Wildman–Crippen LogP) is 2.30. The molecule has 0 fully saturated rings. The number of nitrogens with zero attached hydrogens (tertiary/aromatic N) is 3. The van der Waals surface area contributed by atoms with Gasteiger partial charge in [0.05, 0.1) is 5.69 Å². The molecule has 0 aliphatic rings. The second-order valence-electron chi connectivity index (χ2n) is 2.40. The standard InChI is InChI=1S/C7H5ClIN3/c1-4-6(9)12-3-2-10-5(8)7(12)11-4/h2-3H,1H3. The van der Waals surface area contributed by atoms with Gasteiger partial charge < -0.3 is 0 Å². The van der Waals surface area contributed by atoms with Crippen LogP contribution in [0.2, 0.25) is 5.15 Å². The highest BCUT2D eigenvalue weighted by molar-refractivity contribution is 14.1. The van der Waals surface area contributed by atoms with Crippen LogP contribution in [0.5, 0.6) is 0 Å². The molecule has 2 aromatic rings. The molecule has 0 aliphatic carbocycles. The first-order valence-corrected chi connectivity index (χ1v) is 4.80. The average molecular weight is 293 g/mol. The first-order chi connectivity index (χ1) is 5.70. The number of hydrogen-bond acceptors (Lipinski definition) is 2. The Morgan fingerprint density at radius 1 is 1.58 bits per heavy atom. The predicted molar refractivity (Wildman–Crippen MR) is 55.5 cm³/mol. The van der Waals surface area contributed by atoms with E-state index in [9.17, 15) is 0 Å². The zero-order valence-electron chi connectivity index (χ0n) is 6.25. The fourth-order valence-electron chi connectivity index (χ4n) is 1.03. The number of rotatable bonds is 0. The third-order valence-corrected chi connectivity index (χ3v) is 3.17. The van der Waals surface area contributed by atoms with Crippen LogP contribution in [-0.4, -0.2) is 14.4 Å². The molecule has 0 spiro atoms. The summed E-state index contributed by atoms with van der Waals surface area (Å²) in [5, 5.41) is 0.448. The Labute approximate surface area is 87.9 Å². The molecule has 0 amide bonds. The van der Waals surface area contributed by atoms with Crippen molar-refractivity contribution in [3.8, 4) is 0 Å². The fraction of sp³-hybridized carbons (Fsp3) is 0.143. The summed E-state index contributed by atoms with van der Waals surface area (Å²) < 4.78 is 3.00. The van der Waals surface area contributed by atoms with Gasteiger partial charge in [0.1, 0.15) is 3.70 Å². The normalized spacial score (nSPS) is 10.9. The van der Waals surface area contributed by atoms with Crippen molar-refractivity contribution in [1.82, 2.24) is 14.4 Å². The van der Waals surface area contributed by atoms with E-state index in [0.717, 1.165) is 15.0 Å². The lowest BCUT2D eigenvalue weighted by atomic mass is 10.6. The molecule has 0 unspecified atom stereocenters. The lowest BCUT2D eigenvalue weighted by molar-refractivity contribution is 1.10. The van der Waals surface area contributed by atoms with E-state index in [-0.39, 0.29) is 0 Å². The minimum absolute atomic E-state index is 0.448. The van der Waals surface area contributed by atoms with Crippen LogP contribution in [0, 0.1) is 10.6 Å². The van der Waals surface area contributed by atoms with Gasteiger partial charge in [0, 0.05) is 12.4 Å². The van der Waals surface area contributed by atoms with E-state index >= 15 is 0 Å². The van der Waals surface area contributed by atoms with Gasteiger partial charge in [0.25, 0.3) is 0 Å². The van der Waals surface area contributed by atoms with E-state index in [0.29, 0.717) is 5.15 Å². The molecule has 2 aromatic heterocycles. The van der Waals surface area contributed by atoms with Gasteiger partial charge in [0.2, 0.25) is 0 Å². The van der Waals surface area contributed by atoms with Gasteiger partial charge in [0.15, 0.2) is 10.8 Å². The second kappa shape index (κ2) is 2.85. The van der Waals surface area contributed by atoms with Crippen LogP contribution in [0.3, 0.4) is 0 Å². The molecule has 2 heterocycles. The van der Waals surface area contributed by atoms with E-state index in [1.54, 1.807) is 6.20 Å². The third-order valence-electron chi connectivity index (χ3n) is 1.60. The van der Waals surface area contributed by atoms with Crippen LogP contribution in [0.15, 0.2) is 12.4 Å². The summed E-state index contributed by atoms with van der Waals surface area (Å²) >= 11 is 8.07. The van der Waals surface area contributed by atoms with Gasteiger partial charge >= 0.3 is 0 Å². The van der Waals surface area contributed by atoms with Crippen molar-refractivity contribution < 1.29 is 0 Å². The SMILES string of the molecule is Cc1nc2c(Cl)nccn2c1I. The largest absolute Gasteiger partial charge is 0.291 e. The molecule has 3 nitrogen and oxygen atoms in total. The summed E-state index contributed by atoms with van der Waals surface area (Å²) in [5.41, 5.74) is 1.70. The van der Waals surface area contributed by atoms with E-state index in [1.165, 1.54) is 0 Å². The second-order valence-corrected chi connectivity index (χ2v) is 3.78. The van der Waals surface area contributed by atoms with Crippen molar-refractivity contribution in [3.63, 3.8) is 0 Å². The maximum atomic E-state index is 5.84. The number of aromatic nitrogens is 3. The first-order valence-electron chi connectivity index (χ1n) is 3.35. The summed E-state index contributed by atoms with van der Waals surface area (Å²) in [6, 6.07) is 0. The molecule has 0 bridgehead atoms. The molecule has 12 heavy (non-hydrogen) atoms. The molecule has 0 aliphatic heterocycles. The summed E-state index contributed by atoms with van der Waals surface area (Å²) in [4.78, 5) is 8.21. The number of hydrogen-bond donors (Lipinski definition) is 0. The summed E-state index contributed by atoms with van der Waals surface area (Å²) in [5.74, 6) is 0. The first kappa shape index (κ1) is 8.25. The minimum atomic E-state index is 0.448. The molecular formula is C7H5ClIN3. The molecule has 0 aromatic carbocycles. The van der Waals surface area contributed by atoms with Gasteiger partial charge in [-0.05, 0) is 29.5 Å². The highest BCUT2D eigenvalue weighted by Crippen LogP contribution is 2.18. The molecular weight excluding hydrogens is 288 g/mol. The Bertz CT molecular complexity index is 437. The van der Waals surface area contributed by atoms with E-state index in [2.05, 4.69) is 32.6 Å². The molecule has 2 rings (SSSR count). The highest BCUT2D eigenvalue weighted by Gasteiger charge is 2.07. The van der Waals surface area contributed by atoms with Crippen LogP contribution in [0.4, 0.5) is 0 Å². The van der Waals surface area contributed by atoms with Gasteiger partial charge in [-0.3, -0.25) is 4.40 Å². The maximum absolute atomic E-state index is 5.84. The monoisotopic (exact) mass is 293 g/mol. The average Bonchev–Trinajstić information content (AvgIpc) is 2.32. The summed E-state index contributed by atoms with van der Waals surface area (Å²) in [6.07, 6.45) is 3.52. The van der Waals surface area contributed by atoms with Crippen molar-refractivity contribution in [2.24, 2.45) is 0 Å². The fourth-order valence-corrected chi connectivity index (χ4v) is 1.73. The Morgan fingerprint density at radius 2 is 2.33 bits per heavy atom. The minimum Gasteiger partial charge on any atom is -0.291 e. The molecule has 0 atom stereocenters. The zero-order chi connectivity index (χ0) is 8.72. The number of fused-ring (bicyclic) bond motifs is 1. The van der Waals surface area contributed by atoms with Crippen molar-refractivity contribution in [2.75, 3.05) is 0 Å². The molecule has 5 heteroatoms. The van der Waals surface area contributed by atoms with Crippen molar-refractivity contribution in [3.05, 3.63) is 26.9 Å². The van der Waals surface area contributed by atoms with Crippen LogP contribution in [0.25, 0.3) is 5.65 Å². The van der Waals surface area contributed by atoms with Gasteiger partial charge in [-0.1, -0.05) is 11.6 Å². The lowest BCUT2D eigenvalue weighted by Gasteiger charge is -1.94.